The Balaban J connectivity index is 1.56. The molecule has 0 aliphatic carbocycles. The number of hydrogen-bond donors (Lipinski definition) is 0. The van der Waals surface area contributed by atoms with E-state index in [1.165, 1.54) is 11.8 Å². The highest BCUT2D eigenvalue weighted by Gasteiger charge is 2.14. The first-order valence-corrected chi connectivity index (χ1v) is 8.49. The number of rotatable bonds is 7. The third-order valence-corrected chi connectivity index (χ3v) is 4.75. The molecule has 0 N–H and O–H groups in total. The van der Waals surface area contributed by atoms with Gasteiger partial charge in [0.25, 0.3) is 0 Å². The second-order valence-electron chi connectivity index (χ2n) is 5.71. The van der Waals surface area contributed by atoms with E-state index in [-0.39, 0.29) is 0 Å². The summed E-state index contributed by atoms with van der Waals surface area (Å²) in [5.41, 5.74) is 0.995. The molecule has 0 radical (unpaired) electrons. The highest BCUT2D eigenvalue weighted by Crippen LogP contribution is 2.27. The normalized spacial score (nSPS) is 12.7. The van der Waals surface area contributed by atoms with Gasteiger partial charge < -0.3 is 8.98 Å². The molecule has 0 spiro atoms. The minimum atomic E-state index is 0.335. The van der Waals surface area contributed by atoms with Crippen LogP contribution in [0.15, 0.2) is 51.7 Å². The molecule has 0 unspecified atom stereocenters. The first-order valence-electron chi connectivity index (χ1n) is 7.67. The highest BCUT2D eigenvalue weighted by molar-refractivity contribution is 7.99. The summed E-state index contributed by atoms with van der Waals surface area (Å²) in [5, 5.41) is 9.54. The minimum Gasteiger partial charge on any atom is -0.453 e. The minimum absolute atomic E-state index is 0.335. The number of nitrogens with zero attached hydrogens (tertiary/aromatic N) is 6. The predicted molar refractivity (Wildman–Crippen MR) is 90.5 cm³/mol. The molecule has 3 rings (SSSR count). The van der Waals surface area contributed by atoms with Gasteiger partial charge in [0.05, 0.1) is 12.2 Å². The smallest absolute Gasteiger partial charge is 0.198 e. The fourth-order valence-corrected chi connectivity index (χ4v) is 2.99. The van der Waals surface area contributed by atoms with Crippen molar-refractivity contribution in [3.05, 3.63) is 48.5 Å². The summed E-state index contributed by atoms with van der Waals surface area (Å²) in [6.07, 6.45) is 7.76. The first kappa shape index (κ1) is 16.7. The second-order valence-corrected chi connectivity index (χ2v) is 6.68. The van der Waals surface area contributed by atoms with Crippen LogP contribution in [0.4, 0.5) is 0 Å². The Hall–Kier alpha value is -2.19. The van der Waals surface area contributed by atoms with Gasteiger partial charge in [-0.2, -0.15) is 0 Å². The molecule has 0 saturated carbocycles. The number of likely N-dealkylation sites (N-methyl/N-ethyl adjacent to an activating group) is 1. The van der Waals surface area contributed by atoms with Crippen LogP contribution >= 0.6 is 11.8 Å². The first-order chi connectivity index (χ1) is 11.6. The van der Waals surface area contributed by atoms with Gasteiger partial charge in [0, 0.05) is 38.1 Å². The lowest BCUT2D eigenvalue weighted by molar-refractivity contribution is 0.222. The molecule has 3 heterocycles. The fourth-order valence-electron chi connectivity index (χ4n) is 2.25. The van der Waals surface area contributed by atoms with Crippen LogP contribution in [0.3, 0.4) is 0 Å². The predicted octanol–water partition coefficient (Wildman–Crippen LogP) is 2.41. The largest absolute Gasteiger partial charge is 0.453 e. The fraction of sp³-hybridized carbons (Fsp3) is 0.375. The molecule has 0 aliphatic heterocycles. The van der Waals surface area contributed by atoms with Crippen LogP contribution in [0.2, 0.25) is 0 Å². The third-order valence-electron chi connectivity index (χ3n) is 3.78. The van der Waals surface area contributed by atoms with Crippen LogP contribution in [0.5, 0.6) is 0 Å². The molecule has 126 valence electrons. The monoisotopic (exact) mass is 344 g/mol. The molecule has 0 amide bonds. The number of furan rings is 1. The topological polar surface area (TPSA) is 72.9 Å². The summed E-state index contributed by atoms with van der Waals surface area (Å²) in [6.45, 7) is 2.91. The lowest BCUT2D eigenvalue weighted by Gasteiger charge is -2.23. The summed E-state index contributed by atoms with van der Waals surface area (Å²) in [4.78, 5) is 10.7. The standard InChI is InChI=1S/C16H20N6OS/c1-12(8-13-9-17-6-7-18-13)21(2)10-14-4-5-15(23-14)24-16-20-19-11-22(16)3/h4-7,9,11-12H,8,10H2,1-3H3/t12-/m0/s1. The molecule has 24 heavy (non-hydrogen) atoms. The van der Waals surface area contributed by atoms with Gasteiger partial charge >= 0.3 is 0 Å². The quantitative estimate of drug-likeness (QED) is 0.651. The molecule has 0 aromatic carbocycles. The summed E-state index contributed by atoms with van der Waals surface area (Å²) >= 11 is 1.47. The van der Waals surface area contributed by atoms with E-state index in [9.17, 15) is 0 Å². The zero-order valence-electron chi connectivity index (χ0n) is 14.0. The summed E-state index contributed by atoms with van der Waals surface area (Å²) in [5.74, 6) is 0.924. The van der Waals surface area contributed by atoms with E-state index in [0.717, 1.165) is 34.7 Å². The Morgan fingerprint density at radius 2 is 2.21 bits per heavy atom. The molecular formula is C16H20N6OS. The maximum Gasteiger partial charge on any atom is 0.198 e. The van der Waals surface area contributed by atoms with Crippen LogP contribution in [0, 0.1) is 0 Å². The van der Waals surface area contributed by atoms with Gasteiger partial charge in [0.2, 0.25) is 0 Å². The van der Waals surface area contributed by atoms with Gasteiger partial charge in [0.1, 0.15) is 12.1 Å². The van der Waals surface area contributed by atoms with Crippen LogP contribution in [0.1, 0.15) is 18.4 Å². The van der Waals surface area contributed by atoms with E-state index < -0.39 is 0 Å². The lowest BCUT2D eigenvalue weighted by atomic mass is 10.1. The maximum atomic E-state index is 5.90. The Labute approximate surface area is 145 Å². The molecule has 8 heteroatoms. The summed E-state index contributed by atoms with van der Waals surface area (Å²) < 4.78 is 7.76. The Bertz CT molecular complexity index is 772. The number of aryl methyl sites for hydroxylation is 1. The molecule has 0 aliphatic rings. The van der Waals surface area contributed by atoms with Crippen LogP contribution in [-0.2, 0) is 20.0 Å². The average Bonchev–Trinajstić information content (AvgIpc) is 3.18. The Morgan fingerprint density at radius 3 is 2.92 bits per heavy atom. The van der Waals surface area contributed by atoms with Crippen molar-refractivity contribution in [3.8, 4) is 0 Å². The number of hydrogen-bond acceptors (Lipinski definition) is 7. The lowest BCUT2D eigenvalue weighted by Crippen LogP contribution is -2.30. The van der Waals surface area contributed by atoms with Crippen molar-refractivity contribution in [2.45, 2.75) is 36.2 Å². The molecule has 0 saturated heterocycles. The molecule has 1 atom stereocenters. The van der Waals surface area contributed by atoms with E-state index in [1.807, 2.05) is 29.9 Å². The zero-order valence-corrected chi connectivity index (χ0v) is 14.8. The van der Waals surface area contributed by atoms with Gasteiger partial charge in [-0.25, -0.2) is 0 Å². The SMILES string of the molecule is C[C@@H](Cc1cnccn1)N(C)Cc1ccc(Sc2nncn2C)o1. The van der Waals surface area contributed by atoms with E-state index >= 15 is 0 Å². The zero-order chi connectivity index (χ0) is 16.9. The van der Waals surface area contributed by atoms with Crippen LogP contribution < -0.4 is 0 Å². The van der Waals surface area contributed by atoms with Gasteiger partial charge in [-0.05, 0) is 37.9 Å². The van der Waals surface area contributed by atoms with Crippen molar-refractivity contribution in [2.75, 3.05) is 7.05 Å². The maximum absolute atomic E-state index is 5.90. The van der Waals surface area contributed by atoms with Crippen molar-refractivity contribution >= 4 is 11.8 Å². The van der Waals surface area contributed by atoms with Gasteiger partial charge in [-0.15, -0.1) is 10.2 Å². The van der Waals surface area contributed by atoms with Gasteiger partial charge in [0.15, 0.2) is 10.2 Å². The molecule has 3 aromatic heterocycles. The average molecular weight is 344 g/mol. The van der Waals surface area contributed by atoms with Gasteiger partial charge in [-0.3, -0.25) is 14.9 Å². The van der Waals surface area contributed by atoms with Crippen LogP contribution in [-0.4, -0.2) is 42.7 Å². The van der Waals surface area contributed by atoms with E-state index in [0.29, 0.717) is 6.04 Å². The van der Waals surface area contributed by atoms with Crippen LogP contribution in [0.25, 0.3) is 0 Å². The van der Waals surface area contributed by atoms with Gasteiger partial charge in [-0.1, -0.05) is 0 Å². The van der Waals surface area contributed by atoms with E-state index in [2.05, 4.69) is 39.0 Å². The van der Waals surface area contributed by atoms with Crippen molar-refractivity contribution in [1.29, 1.82) is 0 Å². The molecular weight excluding hydrogens is 324 g/mol. The van der Waals surface area contributed by atoms with Crippen molar-refractivity contribution in [1.82, 2.24) is 29.6 Å². The third kappa shape index (κ3) is 4.21. The van der Waals surface area contributed by atoms with Crippen molar-refractivity contribution in [3.63, 3.8) is 0 Å². The molecule has 3 aromatic rings. The molecule has 0 bridgehead atoms. The Morgan fingerprint density at radius 1 is 1.33 bits per heavy atom. The summed E-state index contributed by atoms with van der Waals surface area (Å²) in [7, 11) is 3.99. The molecule has 7 nitrogen and oxygen atoms in total. The van der Waals surface area contributed by atoms with E-state index in [1.54, 1.807) is 18.7 Å². The second kappa shape index (κ2) is 7.59. The van der Waals surface area contributed by atoms with Crippen molar-refractivity contribution in [2.24, 2.45) is 7.05 Å². The Kier molecular flexibility index (Phi) is 5.27. The van der Waals surface area contributed by atoms with Crippen molar-refractivity contribution < 1.29 is 4.42 Å². The summed E-state index contributed by atoms with van der Waals surface area (Å²) in [6, 6.07) is 4.31. The highest BCUT2D eigenvalue weighted by atomic mass is 32.2. The number of aromatic nitrogens is 5. The van der Waals surface area contributed by atoms with E-state index in [4.69, 9.17) is 4.42 Å². The molecule has 0 fully saturated rings.